The molecule has 42 heavy (non-hydrogen) atoms. The Hall–Kier alpha value is -3.77. The van der Waals surface area contributed by atoms with Crippen molar-refractivity contribution in [3.05, 3.63) is 94.7 Å². The highest BCUT2D eigenvalue weighted by Gasteiger charge is 2.38. The van der Waals surface area contributed by atoms with Crippen molar-refractivity contribution >= 4 is 29.6 Å². The lowest BCUT2D eigenvalue weighted by atomic mass is 9.91. The number of aliphatic hydroxyl groups excluding tert-OH is 1. The van der Waals surface area contributed by atoms with Crippen LogP contribution in [-0.2, 0) is 37.0 Å². The van der Waals surface area contributed by atoms with Crippen LogP contribution in [-0.4, -0.2) is 51.0 Å². The third kappa shape index (κ3) is 7.95. The van der Waals surface area contributed by atoms with E-state index in [1.807, 2.05) is 55.5 Å². The van der Waals surface area contributed by atoms with Gasteiger partial charge < -0.3 is 29.7 Å². The number of rotatable bonds is 11. The molecule has 2 heterocycles. The van der Waals surface area contributed by atoms with Crippen molar-refractivity contribution < 1.29 is 38.8 Å². The summed E-state index contributed by atoms with van der Waals surface area (Å²) in [4.78, 5) is 39.2. The van der Waals surface area contributed by atoms with Gasteiger partial charge in [-0.25, -0.2) is 9.78 Å². The molecule has 3 aromatic rings. The number of aromatic nitrogens is 1. The van der Waals surface area contributed by atoms with Crippen molar-refractivity contribution in [3.63, 3.8) is 0 Å². The van der Waals surface area contributed by atoms with Gasteiger partial charge in [0.15, 0.2) is 12.4 Å². The van der Waals surface area contributed by atoms with Gasteiger partial charge >= 0.3 is 11.9 Å². The number of aromatic carboxylic acids is 1. The Kier molecular flexibility index (Phi) is 10.7. The fraction of sp³-hybridized carbons (Fsp3) is 0.355. The number of esters is 1. The first-order chi connectivity index (χ1) is 20.2. The van der Waals surface area contributed by atoms with Gasteiger partial charge in [0.2, 0.25) is 0 Å². The zero-order valence-corrected chi connectivity index (χ0v) is 24.4. The maximum Gasteiger partial charge on any atom is 0.338 e. The highest BCUT2D eigenvalue weighted by molar-refractivity contribution is 7.99. The molecule has 5 atom stereocenters. The van der Waals surface area contributed by atoms with E-state index in [9.17, 15) is 24.6 Å². The topological polar surface area (TPSA) is 144 Å². The largest absolute Gasteiger partial charge is 0.478 e. The second-order valence-electron chi connectivity index (χ2n) is 10.0. The molecule has 0 bridgehead atoms. The van der Waals surface area contributed by atoms with Crippen molar-refractivity contribution in [1.29, 1.82) is 0 Å². The van der Waals surface area contributed by atoms with E-state index in [2.05, 4.69) is 10.3 Å². The number of carboxylic acids is 1. The molecular formula is C31H34N2O8S. The fourth-order valence-electron chi connectivity index (χ4n) is 4.57. The molecule has 0 unspecified atom stereocenters. The van der Waals surface area contributed by atoms with Gasteiger partial charge in [-0.05, 0) is 35.7 Å². The maximum absolute atomic E-state index is 12.2. The first kappa shape index (κ1) is 31.2. The van der Waals surface area contributed by atoms with Gasteiger partial charge in [-0.2, -0.15) is 0 Å². The molecule has 222 valence electrons. The molecule has 4 rings (SSSR count). The first-order valence-corrected chi connectivity index (χ1v) is 14.5. The van der Waals surface area contributed by atoms with Crippen molar-refractivity contribution in [3.8, 4) is 0 Å². The molecule has 1 saturated heterocycles. The second kappa shape index (κ2) is 14.4. The van der Waals surface area contributed by atoms with Crippen LogP contribution < -0.4 is 5.32 Å². The number of amides is 1. The molecule has 1 aliphatic rings. The number of thioether (sulfide) groups is 1. The number of ether oxygens (including phenoxy) is 3. The summed E-state index contributed by atoms with van der Waals surface area (Å²) in [6, 6.07) is 18.2. The summed E-state index contributed by atoms with van der Waals surface area (Å²) in [5.74, 6) is -1.58. The summed E-state index contributed by atoms with van der Waals surface area (Å²) in [6.07, 6.45) is -0.653. The number of aliphatic hydroxyl groups is 1. The molecular weight excluding hydrogens is 560 g/mol. The number of nitrogens with one attached hydrogen (secondary N) is 1. The van der Waals surface area contributed by atoms with Crippen molar-refractivity contribution in [1.82, 2.24) is 10.3 Å². The molecule has 0 saturated carbocycles. The highest BCUT2D eigenvalue weighted by atomic mass is 32.2. The molecule has 0 spiro atoms. The molecule has 11 heteroatoms. The smallest absolute Gasteiger partial charge is 0.338 e. The van der Waals surface area contributed by atoms with Gasteiger partial charge in [0.05, 0.1) is 24.4 Å². The summed E-state index contributed by atoms with van der Waals surface area (Å²) >= 11 is 1.33. The van der Waals surface area contributed by atoms with E-state index in [0.717, 1.165) is 22.3 Å². The monoisotopic (exact) mass is 594 g/mol. The summed E-state index contributed by atoms with van der Waals surface area (Å²) < 4.78 is 17.8. The van der Waals surface area contributed by atoms with Crippen LogP contribution in [0, 0.1) is 5.92 Å². The van der Waals surface area contributed by atoms with Gasteiger partial charge in [0.25, 0.3) is 5.91 Å². The van der Waals surface area contributed by atoms with E-state index in [0.29, 0.717) is 10.8 Å². The number of pyridine rings is 1. The lowest BCUT2D eigenvalue weighted by molar-refractivity contribution is -0.268. The Morgan fingerprint density at radius 2 is 1.69 bits per heavy atom. The van der Waals surface area contributed by atoms with Gasteiger partial charge in [0, 0.05) is 36.9 Å². The van der Waals surface area contributed by atoms with E-state index in [1.165, 1.54) is 31.7 Å². The lowest BCUT2D eigenvalue weighted by Crippen LogP contribution is -2.38. The van der Waals surface area contributed by atoms with Crippen LogP contribution in [0.4, 0.5) is 0 Å². The Labute approximate surface area is 248 Å². The number of carbonyl (C=O) groups is 3. The third-order valence-corrected chi connectivity index (χ3v) is 8.03. The number of carboxylic acid groups (broad SMARTS) is 1. The lowest BCUT2D eigenvalue weighted by Gasteiger charge is -2.41. The molecule has 1 aliphatic heterocycles. The molecule has 1 aromatic heterocycles. The number of hydrogen-bond donors (Lipinski definition) is 3. The number of benzene rings is 2. The highest BCUT2D eigenvalue weighted by Crippen LogP contribution is 2.43. The normalized spacial score (nSPS) is 20.9. The summed E-state index contributed by atoms with van der Waals surface area (Å²) in [7, 11) is 0. The third-order valence-electron chi connectivity index (χ3n) is 6.94. The maximum atomic E-state index is 12.2. The van der Waals surface area contributed by atoms with Gasteiger partial charge in [-0.3, -0.25) is 9.59 Å². The average molecular weight is 595 g/mol. The van der Waals surface area contributed by atoms with Crippen molar-refractivity contribution in [2.45, 2.75) is 63.6 Å². The molecule has 1 fully saturated rings. The minimum Gasteiger partial charge on any atom is -0.478 e. The SMILES string of the molecule is CC(=O)O[C@@H](C)C(=O)NCc1ccc([C@@H]2O[C@H](CSc3ncccc3C(=O)O)[C@H](C)[C@H](c3ccc(CO)cc3)O2)cc1. The Morgan fingerprint density at radius 1 is 1.02 bits per heavy atom. The van der Waals surface area contributed by atoms with Crippen LogP contribution in [0.3, 0.4) is 0 Å². The number of carbonyl (C=O) groups excluding carboxylic acids is 2. The van der Waals surface area contributed by atoms with Crippen molar-refractivity contribution in [2.75, 3.05) is 5.75 Å². The van der Waals surface area contributed by atoms with E-state index >= 15 is 0 Å². The van der Waals surface area contributed by atoms with E-state index in [4.69, 9.17) is 14.2 Å². The van der Waals surface area contributed by atoms with Crippen molar-refractivity contribution in [2.24, 2.45) is 5.92 Å². The molecule has 0 radical (unpaired) electrons. The molecule has 3 N–H and O–H groups in total. The Balaban J connectivity index is 1.51. The Morgan fingerprint density at radius 3 is 2.33 bits per heavy atom. The first-order valence-electron chi connectivity index (χ1n) is 13.5. The van der Waals surface area contributed by atoms with Crippen LogP contribution in [0.5, 0.6) is 0 Å². The van der Waals surface area contributed by atoms with Crippen LogP contribution >= 0.6 is 11.8 Å². The second-order valence-corrected chi connectivity index (χ2v) is 11.0. The fourth-order valence-corrected chi connectivity index (χ4v) is 5.72. The predicted molar refractivity (Wildman–Crippen MR) is 154 cm³/mol. The quantitative estimate of drug-likeness (QED) is 0.215. The zero-order chi connectivity index (χ0) is 30.2. The van der Waals surface area contributed by atoms with E-state index in [-0.39, 0.29) is 36.8 Å². The zero-order valence-electron chi connectivity index (χ0n) is 23.6. The van der Waals surface area contributed by atoms with Crippen LogP contribution in [0.15, 0.2) is 71.9 Å². The minimum atomic E-state index is -1.04. The minimum absolute atomic E-state index is 0.0577. The Bertz CT molecular complexity index is 1380. The van der Waals surface area contributed by atoms with Crippen LogP contribution in [0.1, 0.15) is 65.8 Å². The van der Waals surface area contributed by atoms with E-state index < -0.39 is 30.2 Å². The summed E-state index contributed by atoms with van der Waals surface area (Å²) in [6.45, 7) is 4.99. The number of hydrogen-bond acceptors (Lipinski definition) is 9. The molecule has 1 amide bonds. The van der Waals surface area contributed by atoms with E-state index in [1.54, 1.807) is 12.3 Å². The molecule has 2 aromatic carbocycles. The average Bonchev–Trinajstić information content (AvgIpc) is 2.99. The van der Waals surface area contributed by atoms with Gasteiger partial charge in [0.1, 0.15) is 5.03 Å². The number of nitrogens with zero attached hydrogens (tertiary/aromatic N) is 1. The van der Waals surface area contributed by atoms with Crippen LogP contribution in [0.2, 0.25) is 0 Å². The predicted octanol–water partition coefficient (Wildman–Crippen LogP) is 4.42. The van der Waals surface area contributed by atoms with Crippen LogP contribution in [0.25, 0.3) is 0 Å². The standard InChI is InChI=1S/C31H34N2O8S/c1-18-26(17-42-29-25(30(37)38)5-4-14-32-29)40-31(41-27(18)23-10-8-22(16-34)9-11-23)24-12-6-21(7-13-24)15-33-28(36)19(2)39-20(3)35/h4-14,18-19,26-27,31,34H,15-17H2,1-3H3,(H,33,36)(H,37,38)/t18-,19-,26+,27+,31+/m0/s1. The summed E-state index contributed by atoms with van der Waals surface area (Å²) in [5, 5.41) is 22.2. The van der Waals surface area contributed by atoms with Gasteiger partial charge in [-0.1, -0.05) is 55.5 Å². The molecule has 10 nitrogen and oxygen atoms in total. The molecule has 0 aliphatic carbocycles. The van der Waals surface area contributed by atoms with Gasteiger partial charge in [-0.15, -0.1) is 11.8 Å². The summed E-state index contributed by atoms with van der Waals surface area (Å²) in [5.41, 5.74) is 3.49.